The van der Waals surface area contributed by atoms with E-state index >= 15 is 0 Å². The van der Waals surface area contributed by atoms with Crippen molar-refractivity contribution in [1.29, 1.82) is 0 Å². The Kier molecular flexibility index (Phi) is 6.53. The number of benzene rings is 1. The molecule has 19 heavy (non-hydrogen) atoms. The topological polar surface area (TPSA) is 15.3 Å². The second-order valence-electron chi connectivity index (χ2n) is 6.21. The molecule has 0 bridgehead atoms. The molecule has 0 heterocycles. The molecule has 1 aromatic carbocycles. The molecule has 2 nitrogen and oxygen atoms in total. The van der Waals surface area contributed by atoms with Crippen molar-refractivity contribution in [2.45, 2.75) is 39.7 Å². The van der Waals surface area contributed by atoms with E-state index in [1.54, 1.807) is 0 Å². The van der Waals surface area contributed by atoms with Gasteiger partial charge in [-0.1, -0.05) is 57.5 Å². The van der Waals surface area contributed by atoms with E-state index < -0.39 is 0 Å². The van der Waals surface area contributed by atoms with E-state index in [2.05, 4.69) is 75.4 Å². The van der Waals surface area contributed by atoms with Gasteiger partial charge in [-0.05, 0) is 38.0 Å². The Morgan fingerprint density at radius 2 is 1.84 bits per heavy atom. The molecule has 0 aliphatic carbocycles. The van der Waals surface area contributed by atoms with Gasteiger partial charge >= 0.3 is 0 Å². The van der Waals surface area contributed by atoms with Crippen LogP contribution in [0.25, 0.3) is 0 Å². The van der Waals surface area contributed by atoms with Crippen LogP contribution in [0, 0.1) is 5.41 Å². The second kappa shape index (κ2) is 7.66. The van der Waals surface area contributed by atoms with Crippen molar-refractivity contribution >= 4 is 0 Å². The Bertz CT molecular complexity index is 346. The smallest absolute Gasteiger partial charge is 0.0381 e. The van der Waals surface area contributed by atoms with Gasteiger partial charge in [-0.15, -0.1) is 0 Å². The highest BCUT2D eigenvalue weighted by Crippen LogP contribution is 2.33. The SMILES string of the molecule is CCCCN(C)CC(C)(C)C(NC)c1ccccc1. The van der Waals surface area contributed by atoms with Crippen LogP contribution >= 0.6 is 0 Å². The molecule has 0 fully saturated rings. The van der Waals surface area contributed by atoms with Crippen molar-refractivity contribution in [1.82, 2.24) is 10.2 Å². The lowest BCUT2D eigenvalue weighted by molar-refractivity contribution is 0.160. The van der Waals surface area contributed by atoms with Crippen molar-refractivity contribution in [3.05, 3.63) is 35.9 Å². The fraction of sp³-hybridized carbons (Fsp3) is 0.647. The molecule has 108 valence electrons. The van der Waals surface area contributed by atoms with Crippen molar-refractivity contribution in [3.63, 3.8) is 0 Å². The van der Waals surface area contributed by atoms with Gasteiger partial charge in [-0.3, -0.25) is 0 Å². The predicted molar refractivity (Wildman–Crippen MR) is 84.4 cm³/mol. The van der Waals surface area contributed by atoms with Crippen molar-refractivity contribution in [2.75, 3.05) is 27.2 Å². The molecule has 1 aromatic rings. The lowest BCUT2D eigenvalue weighted by atomic mass is 9.80. The number of rotatable bonds is 8. The minimum Gasteiger partial charge on any atom is -0.313 e. The zero-order valence-corrected chi connectivity index (χ0v) is 13.2. The van der Waals surface area contributed by atoms with Crippen LogP contribution in [0.4, 0.5) is 0 Å². The van der Waals surface area contributed by atoms with E-state index in [0.717, 1.165) is 6.54 Å². The third-order valence-electron chi connectivity index (χ3n) is 3.77. The maximum atomic E-state index is 3.49. The molecule has 0 aliphatic heterocycles. The monoisotopic (exact) mass is 262 g/mol. The first-order valence-corrected chi connectivity index (χ1v) is 7.42. The van der Waals surface area contributed by atoms with Gasteiger partial charge in [-0.25, -0.2) is 0 Å². The zero-order chi connectivity index (χ0) is 14.3. The first-order valence-electron chi connectivity index (χ1n) is 7.42. The van der Waals surface area contributed by atoms with Gasteiger partial charge in [0, 0.05) is 12.6 Å². The summed E-state index contributed by atoms with van der Waals surface area (Å²) in [6.07, 6.45) is 2.54. The fourth-order valence-electron chi connectivity index (χ4n) is 2.95. The maximum absolute atomic E-state index is 3.49. The number of hydrogen-bond donors (Lipinski definition) is 1. The van der Waals surface area contributed by atoms with Crippen LogP contribution in [0.5, 0.6) is 0 Å². The molecular formula is C17H30N2. The summed E-state index contributed by atoms with van der Waals surface area (Å²) in [6.45, 7) is 9.24. The van der Waals surface area contributed by atoms with Crippen LogP contribution in [0.15, 0.2) is 30.3 Å². The lowest BCUT2D eigenvalue weighted by Gasteiger charge is -2.38. The summed E-state index contributed by atoms with van der Waals surface area (Å²) < 4.78 is 0. The highest BCUT2D eigenvalue weighted by atomic mass is 15.1. The predicted octanol–water partition coefficient (Wildman–Crippen LogP) is 3.71. The van der Waals surface area contributed by atoms with Gasteiger partial charge in [0.1, 0.15) is 0 Å². The highest BCUT2D eigenvalue weighted by molar-refractivity contribution is 5.21. The fourth-order valence-corrected chi connectivity index (χ4v) is 2.95. The average Bonchev–Trinajstić information content (AvgIpc) is 2.37. The summed E-state index contributed by atoms with van der Waals surface area (Å²) in [5, 5.41) is 3.49. The molecule has 0 saturated carbocycles. The largest absolute Gasteiger partial charge is 0.313 e. The molecule has 0 amide bonds. The molecule has 0 aliphatic rings. The minimum absolute atomic E-state index is 0.207. The molecule has 1 rings (SSSR count). The summed E-state index contributed by atoms with van der Waals surface area (Å²) >= 11 is 0. The molecule has 0 radical (unpaired) electrons. The van der Waals surface area contributed by atoms with Crippen LogP contribution < -0.4 is 5.32 Å². The summed E-state index contributed by atoms with van der Waals surface area (Å²) in [6, 6.07) is 11.1. The van der Waals surface area contributed by atoms with E-state index in [1.807, 2.05) is 0 Å². The number of hydrogen-bond acceptors (Lipinski definition) is 2. The van der Waals surface area contributed by atoms with Gasteiger partial charge in [0.25, 0.3) is 0 Å². The van der Waals surface area contributed by atoms with Gasteiger partial charge in [0.05, 0.1) is 0 Å². The lowest BCUT2D eigenvalue weighted by Crippen LogP contribution is -2.41. The summed E-state index contributed by atoms with van der Waals surface area (Å²) in [7, 11) is 4.29. The minimum atomic E-state index is 0.207. The van der Waals surface area contributed by atoms with E-state index in [0.29, 0.717) is 6.04 Å². The Morgan fingerprint density at radius 1 is 1.21 bits per heavy atom. The number of unbranched alkanes of at least 4 members (excludes halogenated alkanes) is 1. The van der Waals surface area contributed by atoms with Crippen LogP contribution in [0.3, 0.4) is 0 Å². The average molecular weight is 262 g/mol. The summed E-state index contributed by atoms with van der Waals surface area (Å²) in [4.78, 5) is 2.46. The Labute approximate surface area is 119 Å². The normalized spacial score (nSPS) is 13.8. The van der Waals surface area contributed by atoms with E-state index in [-0.39, 0.29) is 5.41 Å². The molecular weight excluding hydrogens is 232 g/mol. The summed E-state index contributed by atoms with van der Waals surface area (Å²) in [5.74, 6) is 0. The van der Waals surface area contributed by atoms with Gasteiger partial charge < -0.3 is 10.2 Å². The molecule has 1 N–H and O–H groups in total. The van der Waals surface area contributed by atoms with Crippen molar-refractivity contribution in [3.8, 4) is 0 Å². The number of nitrogens with one attached hydrogen (secondary N) is 1. The van der Waals surface area contributed by atoms with Crippen molar-refractivity contribution in [2.24, 2.45) is 5.41 Å². The first kappa shape index (κ1) is 16.2. The molecule has 1 unspecified atom stereocenters. The highest BCUT2D eigenvalue weighted by Gasteiger charge is 2.30. The van der Waals surface area contributed by atoms with Crippen LogP contribution in [0.1, 0.15) is 45.2 Å². The van der Waals surface area contributed by atoms with E-state index in [4.69, 9.17) is 0 Å². The Balaban J connectivity index is 2.73. The van der Waals surface area contributed by atoms with Gasteiger partial charge in [0.2, 0.25) is 0 Å². The molecule has 1 atom stereocenters. The van der Waals surface area contributed by atoms with Gasteiger partial charge in [-0.2, -0.15) is 0 Å². The van der Waals surface area contributed by atoms with Crippen LogP contribution in [-0.2, 0) is 0 Å². The Morgan fingerprint density at radius 3 is 2.37 bits per heavy atom. The van der Waals surface area contributed by atoms with E-state index in [1.165, 1.54) is 24.9 Å². The Hall–Kier alpha value is -0.860. The second-order valence-corrected chi connectivity index (χ2v) is 6.21. The van der Waals surface area contributed by atoms with Crippen LogP contribution in [0.2, 0.25) is 0 Å². The molecule has 0 aromatic heterocycles. The first-order chi connectivity index (χ1) is 9.01. The maximum Gasteiger partial charge on any atom is 0.0381 e. The molecule has 0 saturated heterocycles. The molecule has 0 spiro atoms. The van der Waals surface area contributed by atoms with E-state index in [9.17, 15) is 0 Å². The number of nitrogens with zero attached hydrogens (tertiary/aromatic N) is 1. The zero-order valence-electron chi connectivity index (χ0n) is 13.2. The standard InChI is InChI=1S/C17H30N2/c1-6-7-13-19(5)14-17(2,3)16(18-4)15-11-9-8-10-12-15/h8-12,16,18H,6-7,13-14H2,1-5H3. The molecule has 2 heteroatoms. The van der Waals surface area contributed by atoms with Crippen molar-refractivity contribution < 1.29 is 0 Å². The third-order valence-corrected chi connectivity index (χ3v) is 3.77. The van der Waals surface area contributed by atoms with Crippen LogP contribution in [-0.4, -0.2) is 32.1 Å². The quantitative estimate of drug-likeness (QED) is 0.768. The third kappa shape index (κ3) is 4.96. The van der Waals surface area contributed by atoms with Gasteiger partial charge in [0.15, 0.2) is 0 Å². The summed E-state index contributed by atoms with van der Waals surface area (Å²) in [5.41, 5.74) is 1.58.